The molecule has 1 aromatic rings. The zero-order valence-corrected chi connectivity index (χ0v) is 8.33. The average molecular weight is 179 g/mol. The third-order valence-corrected chi connectivity index (χ3v) is 2.32. The molecule has 0 radical (unpaired) electrons. The zero-order valence-electron chi connectivity index (χ0n) is 8.33. The van der Waals surface area contributed by atoms with Crippen molar-refractivity contribution in [2.45, 2.75) is 39.0 Å². The molecule has 1 aromatic heterocycles. The first-order valence-corrected chi connectivity index (χ1v) is 4.92. The van der Waals surface area contributed by atoms with Crippen LogP contribution in [0.5, 0.6) is 5.75 Å². The van der Waals surface area contributed by atoms with Gasteiger partial charge in [0.15, 0.2) is 0 Å². The third kappa shape index (κ3) is 2.72. The summed E-state index contributed by atoms with van der Waals surface area (Å²) >= 11 is 0. The van der Waals surface area contributed by atoms with E-state index in [-0.39, 0.29) is 5.75 Å². The summed E-state index contributed by atoms with van der Waals surface area (Å²) < 4.78 is 0. The highest BCUT2D eigenvalue weighted by atomic mass is 16.3. The van der Waals surface area contributed by atoms with Crippen LogP contribution in [-0.2, 0) is 0 Å². The first kappa shape index (κ1) is 10.0. The molecule has 0 aliphatic heterocycles. The van der Waals surface area contributed by atoms with Gasteiger partial charge in [-0.3, -0.25) is 4.98 Å². The van der Waals surface area contributed by atoms with Gasteiger partial charge in [-0.15, -0.1) is 0 Å². The van der Waals surface area contributed by atoms with Crippen LogP contribution in [0.25, 0.3) is 0 Å². The van der Waals surface area contributed by atoms with Crippen molar-refractivity contribution in [2.75, 3.05) is 0 Å². The smallest absolute Gasteiger partial charge is 0.133 e. The molecular formula is C11H17NO. The lowest BCUT2D eigenvalue weighted by Crippen LogP contribution is -1.99. The fourth-order valence-corrected chi connectivity index (χ4v) is 1.55. The van der Waals surface area contributed by atoms with Crippen LogP contribution in [0.15, 0.2) is 18.3 Å². The van der Waals surface area contributed by atoms with Crippen LogP contribution in [0.2, 0.25) is 0 Å². The fourth-order valence-electron chi connectivity index (χ4n) is 1.55. The second kappa shape index (κ2) is 4.85. The molecular weight excluding hydrogens is 162 g/mol. The van der Waals surface area contributed by atoms with Crippen molar-refractivity contribution in [3.05, 3.63) is 24.0 Å². The van der Waals surface area contributed by atoms with Gasteiger partial charge in [-0.05, 0) is 25.0 Å². The van der Waals surface area contributed by atoms with Gasteiger partial charge >= 0.3 is 0 Å². The normalized spacial score (nSPS) is 12.8. The number of pyridine rings is 1. The van der Waals surface area contributed by atoms with Gasteiger partial charge in [-0.1, -0.05) is 20.3 Å². The molecule has 0 saturated heterocycles. The Labute approximate surface area is 79.6 Å². The number of aromatic nitrogens is 1. The van der Waals surface area contributed by atoms with Crippen LogP contribution >= 0.6 is 0 Å². The summed E-state index contributed by atoms with van der Waals surface area (Å²) in [5, 5.41) is 9.08. The van der Waals surface area contributed by atoms with Crippen molar-refractivity contribution in [1.29, 1.82) is 0 Å². The second-order valence-electron chi connectivity index (χ2n) is 3.34. The van der Waals surface area contributed by atoms with E-state index in [0.717, 1.165) is 12.1 Å². The summed E-state index contributed by atoms with van der Waals surface area (Å²) in [6.45, 7) is 4.36. The van der Waals surface area contributed by atoms with E-state index in [1.54, 1.807) is 6.07 Å². The Morgan fingerprint density at radius 2 is 2.15 bits per heavy atom. The van der Waals surface area contributed by atoms with E-state index < -0.39 is 0 Å². The molecule has 0 spiro atoms. The predicted molar refractivity (Wildman–Crippen MR) is 53.8 cm³/mol. The molecule has 2 nitrogen and oxygen atoms in total. The minimum atomic E-state index is 0.245. The van der Waals surface area contributed by atoms with E-state index in [9.17, 15) is 0 Å². The Hall–Kier alpha value is -1.05. The van der Waals surface area contributed by atoms with Crippen molar-refractivity contribution in [3.8, 4) is 5.75 Å². The maximum absolute atomic E-state index is 9.08. The second-order valence-corrected chi connectivity index (χ2v) is 3.34. The van der Waals surface area contributed by atoms with Crippen molar-refractivity contribution in [1.82, 2.24) is 4.98 Å². The van der Waals surface area contributed by atoms with Crippen molar-refractivity contribution in [2.24, 2.45) is 0 Å². The van der Waals surface area contributed by atoms with Crippen molar-refractivity contribution < 1.29 is 5.11 Å². The van der Waals surface area contributed by atoms with Crippen LogP contribution in [0.1, 0.15) is 44.7 Å². The minimum Gasteiger partial charge on any atom is -0.506 e. The molecule has 1 atom stereocenters. The van der Waals surface area contributed by atoms with Gasteiger partial charge < -0.3 is 5.11 Å². The number of nitrogens with zero attached hydrogens (tertiary/aromatic N) is 1. The Morgan fingerprint density at radius 3 is 2.62 bits per heavy atom. The van der Waals surface area contributed by atoms with Crippen molar-refractivity contribution in [3.63, 3.8) is 0 Å². The summed E-state index contributed by atoms with van der Waals surface area (Å²) in [6, 6.07) is 3.62. The van der Waals surface area contributed by atoms with Gasteiger partial charge in [0, 0.05) is 11.6 Å². The highest BCUT2D eigenvalue weighted by Crippen LogP contribution is 2.23. The van der Waals surface area contributed by atoms with E-state index in [1.165, 1.54) is 19.0 Å². The minimum absolute atomic E-state index is 0.245. The van der Waals surface area contributed by atoms with Gasteiger partial charge in [0.05, 0.1) is 6.20 Å². The lowest BCUT2D eigenvalue weighted by atomic mass is 9.96. The van der Waals surface area contributed by atoms with E-state index in [4.69, 9.17) is 5.11 Å². The van der Waals surface area contributed by atoms with Gasteiger partial charge in [0.25, 0.3) is 0 Å². The average Bonchev–Trinajstić information content (AvgIpc) is 2.16. The zero-order chi connectivity index (χ0) is 9.68. The topological polar surface area (TPSA) is 33.1 Å². The molecule has 13 heavy (non-hydrogen) atoms. The Bertz CT molecular complexity index is 243. The molecule has 1 N–H and O–H groups in total. The number of hydrogen-bond donors (Lipinski definition) is 1. The molecule has 1 unspecified atom stereocenters. The van der Waals surface area contributed by atoms with Crippen LogP contribution in [-0.4, -0.2) is 10.1 Å². The van der Waals surface area contributed by atoms with Crippen molar-refractivity contribution >= 4 is 0 Å². The Morgan fingerprint density at radius 1 is 1.38 bits per heavy atom. The van der Waals surface area contributed by atoms with Gasteiger partial charge in [0.2, 0.25) is 0 Å². The first-order chi connectivity index (χ1) is 6.27. The molecule has 0 bridgehead atoms. The Kier molecular flexibility index (Phi) is 3.74. The molecule has 0 aliphatic carbocycles. The molecule has 1 rings (SSSR count). The monoisotopic (exact) mass is 179 g/mol. The molecule has 0 saturated carbocycles. The van der Waals surface area contributed by atoms with E-state index in [2.05, 4.69) is 18.8 Å². The molecule has 0 amide bonds. The third-order valence-electron chi connectivity index (χ3n) is 2.32. The van der Waals surface area contributed by atoms with Crippen LogP contribution in [0.3, 0.4) is 0 Å². The summed E-state index contributed by atoms with van der Waals surface area (Å²) in [5.41, 5.74) is 1.10. The molecule has 0 fully saturated rings. The maximum atomic E-state index is 9.08. The van der Waals surface area contributed by atoms with Gasteiger partial charge in [-0.25, -0.2) is 0 Å². The van der Waals surface area contributed by atoms with Crippen LogP contribution < -0.4 is 0 Å². The standard InChI is InChI=1S/C11H17NO/c1-3-5-9(4-2)11-7-6-10(13)8-12-11/h6-9,13H,3-5H2,1-2H3. The van der Waals surface area contributed by atoms with Gasteiger partial charge in [0.1, 0.15) is 5.75 Å². The number of rotatable bonds is 4. The lowest BCUT2D eigenvalue weighted by Gasteiger charge is -2.12. The highest BCUT2D eigenvalue weighted by molar-refractivity contribution is 5.20. The number of aromatic hydroxyl groups is 1. The molecule has 1 heterocycles. The largest absolute Gasteiger partial charge is 0.506 e. The molecule has 72 valence electrons. The molecule has 0 aromatic carbocycles. The number of hydrogen-bond acceptors (Lipinski definition) is 2. The quantitative estimate of drug-likeness (QED) is 0.770. The van der Waals surface area contributed by atoms with Gasteiger partial charge in [-0.2, -0.15) is 0 Å². The Balaban J connectivity index is 2.73. The lowest BCUT2D eigenvalue weighted by molar-refractivity contribution is 0.470. The SMILES string of the molecule is CCCC(CC)c1ccc(O)cn1. The summed E-state index contributed by atoms with van der Waals surface area (Å²) in [5.74, 6) is 0.792. The summed E-state index contributed by atoms with van der Waals surface area (Å²) in [7, 11) is 0. The van der Waals surface area contributed by atoms with E-state index in [1.807, 2.05) is 6.07 Å². The van der Waals surface area contributed by atoms with E-state index >= 15 is 0 Å². The van der Waals surface area contributed by atoms with E-state index in [0.29, 0.717) is 5.92 Å². The summed E-state index contributed by atoms with van der Waals surface area (Å²) in [6.07, 6.45) is 4.99. The first-order valence-electron chi connectivity index (χ1n) is 4.92. The summed E-state index contributed by atoms with van der Waals surface area (Å²) in [4.78, 5) is 4.22. The molecule has 2 heteroatoms. The molecule has 0 aliphatic rings. The maximum Gasteiger partial charge on any atom is 0.133 e. The predicted octanol–water partition coefficient (Wildman–Crippen LogP) is 3.08. The van der Waals surface area contributed by atoms with Crippen LogP contribution in [0, 0.1) is 0 Å². The fraction of sp³-hybridized carbons (Fsp3) is 0.545. The highest BCUT2D eigenvalue weighted by Gasteiger charge is 2.08. The van der Waals surface area contributed by atoms with Crippen LogP contribution in [0.4, 0.5) is 0 Å².